The Kier molecular flexibility index (Phi) is 5.11. The molecule has 0 aliphatic rings. The average molecular weight is 370 g/mol. The summed E-state index contributed by atoms with van der Waals surface area (Å²) in [6.45, 7) is 3.76. The van der Waals surface area contributed by atoms with Crippen molar-refractivity contribution in [2.24, 2.45) is 0 Å². The van der Waals surface area contributed by atoms with Crippen LogP contribution in [0.5, 0.6) is 0 Å². The van der Waals surface area contributed by atoms with Gasteiger partial charge in [0.15, 0.2) is 0 Å². The van der Waals surface area contributed by atoms with Crippen molar-refractivity contribution in [2.75, 3.05) is 11.5 Å². The van der Waals surface area contributed by atoms with Gasteiger partial charge in [0.05, 0.1) is 9.32 Å². The van der Waals surface area contributed by atoms with Crippen LogP contribution in [0.25, 0.3) is 0 Å². The molecule has 1 heterocycles. The van der Waals surface area contributed by atoms with E-state index < -0.39 is 9.84 Å². The summed E-state index contributed by atoms with van der Waals surface area (Å²) in [5.74, 6) is 0.871. The third-order valence-electron chi connectivity index (χ3n) is 2.48. The quantitative estimate of drug-likeness (QED) is 0.725. The van der Waals surface area contributed by atoms with Crippen molar-refractivity contribution in [3.63, 3.8) is 0 Å². The Balaban J connectivity index is 2.77. The second-order valence-corrected chi connectivity index (χ2v) is 7.33. The molecule has 0 saturated heterocycles. The fraction of sp³-hybridized carbons (Fsp3) is 0.600. The summed E-state index contributed by atoms with van der Waals surface area (Å²) in [5.41, 5.74) is -0.105. The van der Waals surface area contributed by atoms with Crippen molar-refractivity contribution in [1.82, 2.24) is 9.55 Å². The lowest BCUT2D eigenvalue weighted by Gasteiger charge is -2.09. The minimum atomic E-state index is -2.96. The van der Waals surface area contributed by atoms with Crippen molar-refractivity contribution in [3.8, 4) is 0 Å². The highest BCUT2D eigenvalue weighted by molar-refractivity contribution is 14.1. The number of rotatable bonds is 5. The molecule has 5 nitrogen and oxygen atoms in total. The van der Waals surface area contributed by atoms with Gasteiger partial charge in [-0.05, 0) is 35.9 Å². The molecule has 0 unspecified atom stereocenters. The zero-order valence-electron chi connectivity index (χ0n) is 9.81. The zero-order valence-corrected chi connectivity index (χ0v) is 12.8. The highest BCUT2D eigenvalue weighted by atomic mass is 127. The highest BCUT2D eigenvalue weighted by Gasteiger charge is 2.09. The highest BCUT2D eigenvalue weighted by Crippen LogP contribution is 2.00. The first-order chi connectivity index (χ1) is 7.87. The number of hydrogen-bond acceptors (Lipinski definition) is 4. The van der Waals surface area contributed by atoms with Gasteiger partial charge >= 0.3 is 0 Å². The van der Waals surface area contributed by atoms with E-state index in [0.29, 0.717) is 22.4 Å². The predicted octanol–water partition coefficient (Wildman–Crippen LogP) is 0.981. The van der Waals surface area contributed by atoms with E-state index in [1.165, 1.54) is 10.8 Å². The lowest BCUT2D eigenvalue weighted by Crippen LogP contribution is -2.26. The van der Waals surface area contributed by atoms with Gasteiger partial charge in [0.2, 0.25) is 0 Å². The maximum Gasteiger partial charge on any atom is 0.266 e. The Hall–Kier alpha value is -0.440. The Morgan fingerprint density at radius 3 is 2.71 bits per heavy atom. The molecule has 0 fully saturated rings. The molecule has 0 atom stereocenters. The molecule has 0 saturated carbocycles. The maximum atomic E-state index is 11.8. The average Bonchev–Trinajstić information content (AvgIpc) is 2.28. The Bertz CT molecular complexity index is 551. The van der Waals surface area contributed by atoms with Gasteiger partial charge in [0.25, 0.3) is 5.56 Å². The van der Waals surface area contributed by atoms with E-state index in [-0.39, 0.29) is 17.1 Å². The normalized spacial score (nSPS) is 11.7. The summed E-state index contributed by atoms with van der Waals surface area (Å²) in [4.78, 5) is 15.9. The summed E-state index contributed by atoms with van der Waals surface area (Å²) in [7, 11) is -2.96. The molecule has 0 aromatic carbocycles. The van der Waals surface area contributed by atoms with E-state index >= 15 is 0 Å². The van der Waals surface area contributed by atoms with Gasteiger partial charge in [-0.15, -0.1) is 0 Å². The third kappa shape index (κ3) is 4.06. The smallest absolute Gasteiger partial charge is 0.266 e. The van der Waals surface area contributed by atoms with Crippen LogP contribution in [0.15, 0.2) is 11.0 Å². The lowest BCUT2D eigenvalue weighted by molar-refractivity contribution is 0.577. The predicted molar refractivity (Wildman–Crippen MR) is 74.9 cm³/mol. The van der Waals surface area contributed by atoms with Gasteiger partial charge in [-0.3, -0.25) is 9.36 Å². The fourth-order valence-electron chi connectivity index (χ4n) is 1.40. The minimum Gasteiger partial charge on any atom is -0.296 e. The second-order valence-electron chi connectivity index (χ2n) is 3.70. The van der Waals surface area contributed by atoms with Crippen LogP contribution in [-0.4, -0.2) is 29.5 Å². The van der Waals surface area contributed by atoms with Crippen LogP contribution in [0.3, 0.4) is 0 Å². The van der Waals surface area contributed by atoms with Gasteiger partial charge in [0, 0.05) is 18.5 Å². The zero-order chi connectivity index (χ0) is 13.1. The molecule has 7 heteroatoms. The van der Waals surface area contributed by atoms with Crippen LogP contribution >= 0.6 is 22.6 Å². The standard InChI is InChI=1S/C10H15IN2O3S/c1-3-17(15,16)6-4-5-13-8(2)12-7-9(11)10(13)14/h7H,3-6H2,1-2H3. The molecule has 1 aromatic rings. The van der Waals surface area contributed by atoms with E-state index in [2.05, 4.69) is 4.98 Å². The fourth-order valence-corrected chi connectivity index (χ4v) is 2.69. The topological polar surface area (TPSA) is 69.0 Å². The molecule has 96 valence electrons. The minimum absolute atomic E-state index is 0.105. The molecule has 1 aromatic heterocycles. The van der Waals surface area contributed by atoms with E-state index in [1.807, 2.05) is 22.6 Å². The van der Waals surface area contributed by atoms with E-state index in [0.717, 1.165) is 0 Å². The van der Waals surface area contributed by atoms with Crippen molar-refractivity contribution in [2.45, 2.75) is 26.8 Å². The largest absolute Gasteiger partial charge is 0.296 e. The molecule has 0 N–H and O–H groups in total. The maximum absolute atomic E-state index is 11.8. The molecule has 0 bridgehead atoms. The lowest BCUT2D eigenvalue weighted by atomic mass is 10.4. The van der Waals surface area contributed by atoms with Crippen molar-refractivity contribution in [1.29, 1.82) is 0 Å². The number of halogens is 1. The molecule has 0 aliphatic carbocycles. The molecule has 17 heavy (non-hydrogen) atoms. The van der Waals surface area contributed by atoms with Crippen molar-refractivity contribution in [3.05, 3.63) is 25.9 Å². The first-order valence-corrected chi connectivity index (χ1v) is 8.19. The molecule has 0 aliphatic heterocycles. The van der Waals surface area contributed by atoms with E-state index in [9.17, 15) is 13.2 Å². The molecular weight excluding hydrogens is 355 g/mol. The van der Waals surface area contributed by atoms with Gasteiger partial charge in [-0.1, -0.05) is 6.92 Å². The van der Waals surface area contributed by atoms with Crippen LogP contribution in [0, 0.1) is 10.5 Å². The first kappa shape index (κ1) is 14.6. The number of aromatic nitrogens is 2. The SMILES string of the molecule is CCS(=O)(=O)CCCn1c(C)ncc(I)c1=O. The van der Waals surface area contributed by atoms with Crippen LogP contribution in [0.2, 0.25) is 0 Å². The number of hydrogen-bond donors (Lipinski definition) is 0. The third-order valence-corrected chi connectivity index (χ3v) is 5.01. The van der Waals surface area contributed by atoms with E-state index in [1.54, 1.807) is 13.8 Å². The Morgan fingerprint density at radius 1 is 1.47 bits per heavy atom. The molecule has 0 amide bonds. The van der Waals surface area contributed by atoms with E-state index in [4.69, 9.17) is 0 Å². The summed E-state index contributed by atoms with van der Waals surface area (Å²) in [6.07, 6.45) is 1.97. The second kappa shape index (κ2) is 5.94. The van der Waals surface area contributed by atoms with Gasteiger partial charge in [-0.2, -0.15) is 0 Å². The van der Waals surface area contributed by atoms with Gasteiger partial charge < -0.3 is 0 Å². The summed E-state index contributed by atoms with van der Waals surface area (Å²) in [6, 6.07) is 0. The summed E-state index contributed by atoms with van der Waals surface area (Å²) < 4.78 is 24.7. The molecule has 1 rings (SSSR count). The van der Waals surface area contributed by atoms with Gasteiger partial charge in [-0.25, -0.2) is 13.4 Å². The van der Waals surface area contributed by atoms with Gasteiger partial charge in [0.1, 0.15) is 15.7 Å². The van der Waals surface area contributed by atoms with Crippen LogP contribution in [-0.2, 0) is 16.4 Å². The molecule has 0 radical (unpaired) electrons. The summed E-state index contributed by atoms with van der Waals surface area (Å²) >= 11 is 1.93. The van der Waals surface area contributed by atoms with Crippen molar-refractivity contribution >= 4 is 32.4 Å². The van der Waals surface area contributed by atoms with Crippen LogP contribution in [0.4, 0.5) is 0 Å². The van der Waals surface area contributed by atoms with Crippen LogP contribution < -0.4 is 5.56 Å². The molecular formula is C10H15IN2O3S. The van der Waals surface area contributed by atoms with Crippen molar-refractivity contribution < 1.29 is 8.42 Å². The number of nitrogens with zero attached hydrogens (tertiary/aromatic N) is 2. The Morgan fingerprint density at radius 2 is 2.12 bits per heavy atom. The molecule has 0 spiro atoms. The number of sulfone groups is 1. The summed E-state index contributed by atoms with van der Waals surface area (Å²) in [5, 5.41) is 0. The Labute approximate surface area is 114 Å². The van der Waals surface area contributed by atoms with Crippen LogP contribution in [0.1, 0.15) is 19.2 Å². The first-order valence-electron chi connectivity index (χ1n) is 5.29. The monoisotopic (exact) mass is 370 g/mol. The number of aryl methyl sites for hydroxylation is 1.